The second kappa shape index (κ2) is 6.61. The van der Waals surface area contributed by atoms with Crippen LogP contribution in [0.4, 0.5) is 0 Å². The summed E-state index contributed by atoms with van der Waals surface area (Å²) in [6, 6.07) is 7.65. The average molecular weight is 389 g/mol. The van der Waals surface area contributed by atoms with E-state index in [-0.39, 0.29) is 23.0 Å². The molecule has 0 unspecified atom stereocenters. The first-order valence-electron chi connectivity index (χ1n) is 10.3. The number of carbonyl (C=O) groups is 2. The lowest BCUT2D eigenvalue weighted by molar-refractivity contribution is -0.304. The number of carboxylic acid groups (broad SMARTS) is 2. The molecule has 29 heavy (non-hydrogen) atoms. The summed E-state index contributed by atoms with van der Waals surface area (Å²) in [7, 11) is 1.88. The maximum absolute atomic E-state index is 12.2. The number of hydrogen-bond acceptors (Lipinski definition) is 4. The molecular weight excluding hydrogens is 366 g/mol. The zero-order valence-electron chi connectivity index (χ0n) is 16.4. The molecule has 0 amide bonds. The van der Waals surface area contributed by atoms with Gasteiger partial charge in [0.15, 0.2) is 0 Å². The molecule has 4 aliphatic carbocycles. The van der Waals surface area contributed by atoms with Gasteiger partial charge in [-0.1, -0.05) is 23.8 Å². The molecule has 0 radical (unpaired) electrons. The Morgan fingerprint density at radius 3 is 2.17 bits per heavy atom. The minimum Gasteiger partial charge on any atom is -0.545 e. The predicted octanol–water partition coefficient (Wildman–Crippen LogP) is 1.81. The van der Waals surface area contributed by atoms with E-state index in [0.29, 0.717) is 17.4 Å². The number of nitrogens with zero attached hydrogens (tertiary/aromatic N) is 1. The molecule has 4 aliphatic rings. The van der Waals surface area contributed by atoms with E-state index in [1.807, 2.05) is 42.1 Å². The molecule has 4 fully saturated rings. The van der Waals surface area contributed by atoms with Crippen LogP contribution in [0.25, 0.3) is 17.0 Å². The van der Waals surface area contributed by atoms with Crippen molar-refractivity contribution >= 4 is 28.9 Å². The van der Waals surface area contributed by atoms with Crippen molar-refractivity contribution in [2.24, 2.45) is 30.7 Å². The molecule has 2 aromatic rings. The second-order valence-corrected chi connectivity index (χ2v) is 8.98. The Kier molecular flexibility index (Phi) is 4.16. The lowest BCUT2D eigenvalue weighted by Crippen LogP contribution is -2.43. The Morgan fingerprint density at radius 1 is 0.966 bits per heavy atom. The number of benzene rings is 1. The maximum Gasteiger partial charge on any atom is 0.0722 e. The van der Waals surface area contributed by atoms with Crippen LogP contribution in [0.15, 0.2) is 47.2 Å². The molecule has 5 nitrogen and oxygen atoms in total. The highest BCUT2D eigenvalue weighted by atomic mass is 16.4. The van der Waals surface area contributed by atoms with Crippen molar-refractivity contribution in [2.45, 2.75) is 32.1 Å². The SMILES string of the molecule is Cn1cc(/C=C(/C(=O)[O-])C(C(=O)[O-])=C2C3CC4CC(C3)CC2C4)c2ccccc21. The minimum absolute atomic E-state index is 0.133. The van der Waals surface area contributed by atoms with Gasteiger partial charge in [0.25, 0.3) is 0 Å². The Morgan fingerprint density at radius 2 is 1.59 bits per heavy atom. The summed E-state index contributed by atoms with van der Waals surface area (Å²) in [5.41, 5.74) is 2.03. The van der Waals surface area contributed by atoms with Crippen LogP contribution in [0.5, 0.6) is 0 Å². The van der Waals surface area contributed by atoms with Crippen molar-refractivity contribution in [1.29, 1.82) is 0 Å². The van der Waals surface area contributed by atoms with Crippen molar-refractivity contribution in [3.05, 3.63) is 52.7 Å². The highest BCUT2D eigenvalue weighted by Crippen LogP contribution is 2.57. The van der Waals surface area contributed by atoms with Gasteiger partial charge in [0.05, 0.1) is 11.9 Å². The van der Waals surface area contributed by atoms with Crippen LogP contribution in [0, 0.1) is 23.7 Å². The van der Waals surface area contributed by atoms with E-state index in [2.05, 4.69) is 0 Å². The van der Waals surface area contributed by atoms with Crippen LogP contribution in [0.3, 0.4) is 0 Å². The molecule has 0 saturated heterocycles. The van der Waals surface area contributed by atoms with Crippen molar-refractivity contribution < 1.29 is 19.8 Å². The normalized spacial score (nSPS) is 28.2. The van der Waals surface area contributed by atoms with Gasteiger partial charge in [-0.3, -0.25) is 0 Å². The Labute approximate surface area is 169 Å². The third-order valence-electron chi connectivity index (χ3n) is 7.23. The van der Waals surface area contributed by atoms with Crippen LogP contribution in [0.1, 0.15) is 37.7 Å². The van der Waals surface area contributed by atoms with Crippen molar-refractivity contribution in [3.8, 4) is 0 Å². The Bertz CT molecular complexity index is 1060. The van der Waals surface area contributed by atoms with Crippen LogP contribution < -0.4 is 10.2 Å². The minimum atomic E-state index is -1.46. The van der Waals surface area contributed by atoms with Gasteiger partial charge in [0.1, 0.15) is 0 Å². The number of rotatable bonds is 4. The molecule has 1 aromatic heterocycles. The first-order valence-corrected chi connectivity index (χ1v) is 10.3. The first kappa shape index (κ1) is 18.2. The quantitative estimate of drug-likeness (QED) is 0.747. The molecule has 1 heterocycles. The van der Waals surface area contributed by atoms with Crippen molar-refractivity contribution in [1.82, 2.24) is 4.57 Å². The van der Waals surface area contributed by atoms with E-state index in [4.69, 9.17) is 0 Å². The summed E-state index contributed by atoms with van der Waals surface area (Å²) in [6.45, 7) is 0. The highest BCUT2D eigenvalue weighted by molar-refractivity contribution is 6.09. The molecule has 6 rings (SSSR count). The smallest absolute Gasteiger partial charge is 0.0722 e. The summed E-state index contributed by atoms with van der Waals surface area (Å²) < 4.78 is 1.91. The largest absolute Gasteiger partial charge is 0.545 e. The van der Waals surface area contributed by atoms with Gasteiger partial charge in [-0.25, -0.2) is 0 Å². The molecule has 0 N–H and O–H groups in total. The van der Waals surface area contributed by atoms with Gasteiger partial charge in [0.2, 0.25) is 0 Å². The van der Waals surface area contributed by atoms with E-state index in [0.717, 1.165) is 42.2 Å². The second-order valence-electron chi connectivity index (χ2n) is 8.98. The van der Waals surface area contributed by atoms with E-state index >= 15 is 0 Å². The summed E-state index contributed by atoms with van der Waals surface area (Å²) in [5, 5.41) is 25.2. The number of carboxylic acids is 2. The Hall–Kier alpha value is -2.82. The fraction of sp³-hybridized carbons (Fsp3) is 0.417. The van der Waals surface area contributed by atoms with E-state index in [9.17, 15) is 19.8 Å². The number of aromatic nitrogens is 1. The molecule has 1 aromatic carbocycles. The third-order valence-corrected chi connectivity index (χ3v) is 7.23. The topological polar surface area (TPSA) is 85.2 Å². The summed E-state index contributed by atoms with van der Waals surface area (Å²) in [4.78, 5) is 24.3. The highest BCUT2D eigenvalue weighted by Gasteiger charge is 2.46. The van der Waals surface area contributed by atoms with Crippen LogP contribution in [0.2, 0.25) is 0 Å². The molecule has 4 bridgehead atoms. The van der Waals surface area contributed by atoms with Gasteiger partial charge in [-0.15, -0.1) is 0 Å². The maximum atomic E-state index is 12.2. The van der Waals surface area contributed by atoms with Gasteiger partial charge in [-0.05, 0) is 67.9 Å². The third kappa shape index (κ3) is 2.91. The van der Waals surface area contributed by atoms with Crippen LogP contribution in [-0.2, 0) is 16.6 Å². The van der Waals surface area contributed by atoms with E-state index in [1.54, 1.807) is 0 Å². The van der Waals surface area contributed by atoms with Gasteiger partial charge < -0.3 is 24.4 Å². The number of aliphatic carboxylic acids is 2. The first-order chi connectivity index (χ1) is 13.9. The number of aryl methyl sites for hydroxylation is 1. The lowest BCUT2D eigenvalue weighted by Gasteiger charge is -2.52. The monoisotopic (exact) mass is 389 g/mol. The van der Waals surface area contributed by atoms with Crippen molar-refractivity contribution in [3.63, 3.8) is 0 Å². The average Bonchev–Trinajstić information content (AvgIpc) is 2.98. The molecule has 0 spiro atoms. The van der Waals surface area contributed by atoms with E-state index < -0.39 is 11.9 Å². The zero-order valence-corrected chi connectivity index (χ0v) is 16.4. The summed E-state index contributed by atoms with van der Waals surface area (Å²) >= 11 is 0. The summed E-state index contributed by atoms with van der Waals surface area (Å²) in [5.74, 6) is -1.24. The number of allylic oxidation sites excluding steroid dienone is 1. The van der Waals surface area contributed by atoms with E-state index in [1.165, 1.54) is 12.5 Å². The van der Waals surface area contributed by atoms with Crippen LogP contribution >= 0.6 is 0 Å². The molecule has 5 heteroatoms. The van der Waals surface area contributed by atoms with Crippen LogP contribution in [-0.4, -0.2) is 16.5 Å². The fourth-order valence-electron chi connectivity index (χ4n) is 6.36. The fourth-order valence-corrected chi connectivity index (χ4v) is 6.36. The molecule has 0 atom stereocenters. The Balaban J connectivity index is 1.69. The zero-order chi connectivity index (χ0) is 20.3. The molecule has 0 aliphatic heterocycles. The molecule has 4 saturated carbocycles. The molecular formula is C24H23NO4-2. The van der Waals surface area contributed by atoms with Gasteiger partial charge in [0, 0.05) is 40.9 Å². The summed E-state index contributed by atoms with van der Waals surface area (Å²) in [6.07, 6.45) is 8.38. The molecule has 150 valence electrons. The number of fused-ring (bicyclic) bond motifs is 1. The lowest BCUT2D eigenvalue weighted by atomic mass is 9.53. The number of para-hydroxylation sites is 1. The standard InChI is InChI=1S/C24H25NO4/c1-25-12-17(18-4-2-3-5-20(18)25)11-19(23(26)27)22(24(28)29)21-15-7-13-6-14(9-15)10-16(21)8-13/h2-5,11-16H,6-10H2,1H3,(H,26,27)(H,28,29)/p-2/b19-11+,22-21?. The predicted molar refractivity (Wildman–Crippen MR) is 105 cm³/mol. The number of hydrogen-bond donors (Lipinski definition) is 0. The number of carbonyl (C=O) groups excluding carboxylic acids is 2. The van der Waals surface area contributed by atoms with Crippen molar-refractivity contribution in [2.75, 3.05) is 0 Å². The van der Waals surface area contributed by atoms with Gasteiger partial charge >= 0.3 is 0 Å². The van der Waals surface area contributed by atoms with Gasteiger partial charge in [-0.2, -0.15) is 0 Å².